The summed E-state index contributed by atoms with van der Waals surface area (Å²) in [6.07, 6.45) is -1.22. The zero-order valence-corrected chi connectivity index (χ0v) is 23.2. The van der Waals surface area contributed by atoms with Gasteiger partial charge in [-0.2, -0.15) is 18.4 Å². The van der Waals surface area contributed by atoms with Gasteiger partial charge in [0.15, 0.2) is 18.1 Å². The van der Waals surface area contributed by atoms with E-state index in [1.807, 2.05) is 35.9 Å². The second-order valence-electron chi connectivity index (χ2n) is 9.82. The maximum Gasteiger partial charge on any atom is 0.422 e. The van der Waals surface area contributed by atoms with Crippen molar-refractivity contribution in [3.63, 3.8) is 0 Å². The number of rotatable bonds is 14. The summed E-state index contributed by atoms with van der Waals surface area (Å²) in [5.41, 5.74) is 2.93. The van der Waals surface area contributed by atoms with E-state index in [4.69, 9.17) is 14.2 Å². The number of carbonyl (C=O) groups is 1. The number of benzene rings is 3. The minimum atomic E-state index is -4.43. The fourth-order valence-electron chi connectivity index (χ4n) is 4.60. The monoisotopic (exact) mass is 579 g/mol. The first kappa shape index (κ1) is 30.5. The molecule has 1 heterocycles. The van der Waals surface area contributed by atoms with Crippen molar-refractivity contribution in [2.24, 2.45) is 0 Å². The number of para-hydroxylation sites is 2. The minimum absolute atomic E-state index is 0.0420. The molecule has 0 aliphatic rings. The van der Waals surface area contributed by atoms with E-state index in [1.54, 1.807) is 42.5 Å². The molecule has 0 saturated carbocycles. The first-order valence-electron chi connectivity index (χ1n) is 13.6. The zero-order valence-electron chi connectivity index (χ0n) is 23.2. The van der Waals surface area contributed by atoms with Crippen molar-refractivity contribution >= 4 is 16.9 Å². The highest BCUT2D eigenvalue weighted by molar-refractivity contribution is 5.89. The second-order valence-corrected chi connectivity index (χ2v) is 9.82. The number of esters is 1. The Morgan fingerprint density at radius 1 is 1.00 bits per heavy atom. The van der Waals surface area contributed by atoms with Gasteiger partial charge in [0, 0.05) is 30.7 Å². The number of ether oxygens (including phenoxy) is 3. The van der Waals surface area contributed by atoms with Gasteiger partial charge in [-0.25, -0.2) is 4.79 Å². The lowest BCUT2D eigenvalue weighted by molar-refractivity contribution is -0.153. The van der Waals surface area contributed by atoms with Crippen LogP contribution in [0.5, 0.6) is 11.5 Å². The predicted molar refractivity (Wildman–Crippen MR) is 153 cm³/mol. The molecule has 4 rings (SSSR count). The topological polar surface area (TPSA) is 85.5 Å². The molecule has 0 saturated heterocycles. The normalized spacial score (nSPS) is 12.1. The van der Waals surface area contributed by atoms with E-state index in [2.05, 4.69) is 17.5 Å². The van der Waals surface area contributed by atoms with E-state index in [9.17, 15) is 23.2 Å². The fraction of sp³-hybridized carbons (Fsp3) is 0.312. The summed E-state index contributed by atoms with van der Waals surface area (Å²) in [4.78, 5) is 12.1. The van der Waals surface area contributed by atoms with Gasteiger partial charge in [0.05, 0.1) is 23.3 Å². The van der Waals surface area contributed by atoms with Crippen molar-refractivity contribution in [2.75, 3.05) is 26.4 Å². The SMILES string of the molecule is CC(Cc1cc(C#N)c2c(ccn2CCCOC(=O)c2ccccc2)c1)NCCOc1ccccc1OCC(F)(F)F. The first-order chi connectivity index (χ1) is 20.2. The molecule has 0 spiro atoms. The predicted octanol–water partition coefficient (Wildman–Crippen LogP) is 6.30. The quantitative estimate of drug-likeness (QED) is 0.139. The first-order valence-corrected chi connectivity index (χ1v) is 13.6. The van der Waals surface area contributed by atoms with Crippen molar-refractivity contribution in [2.45, 2.75) is 38.5 Å². The molecule has 1 N–H and O–H groups in total. The molecule has 0 fully saturated rings. The molecule has 7 nitrogen and oxygen atoms in total. The average Bonchev–Trinajstić information content (AvgIpc) is 3.39. The van der Waals surface area contributed by atoms with Gasteiger partial charge in [-0.15, -0.1) is 0 Å². The van der Waals surface area contributed by atoms with Crippen LogP contribution in [0.2, 0.25) is 0 Å². The number of nitrogens with one attached hydrogen (secondary N) is 1. The van der Waals surface area contributed by atoms with Crippen molar-refractivity contribution < 1.29 is 32.2 Å². The summed E-state index contributed by atoms with van der Waals surface area (Å²) in [5.74, 6) is -0.0658. The summed E-state index contributed by atoms with van der Waals surface area (Å²) < 4.78 is 55.4. The van der Waals surface area contributed by atoms with Crippen LogP contribution in [-0.2, 0) is 17.7 Å². The highest BCUT2D eigenvalue weighted by atomic mass is 19.4. The minimum Gasteiger partial charge on any atom is -0.488 e. The van der Waals surface area contributed by atoms with Crippen LogP contribution in [0.15, 0.2) is 79.0 Å². The molecule has 0 aliphatic carbocycles. The van der Waals surface area contributed by atoms with Crippen LogP contribution in [0.1, 0.15) is 34.8 Å². The average molecular weight is 580 g/mol. The highest BCUT2D eigenvalue weighted by Crippen LogP contribution is 2.28. The van der Waals surface area contributed by atoms with E-state index >= 15 is 0 Å². The van der Waals surface area contributed by atoms with Gasteiger partial charge in [0.1, 0.15) is 12.7 Å². The van der Waals surface area contributed by atoms with Crippen LogP contribution in [0.4, 0.5) is 13.2 Å². The van der Waals surface area contributed by atoms with E-state index in [1.165, 1.54) is 6.07 Å². The van der Waals surface area contributed by atoms with Gasteiger partial charge in [-0.1, -0.05) is 30.3 Å². The van der Waals surface area contributed by atoms with Gasteiger partial charge in [-0.3, -0.25) is 0 Å². The summed E-state index contributed by atoms with van der Waals surface area (Å²) in [6, 6.07) is 23.4. The number of nitriles is 1. The van der Waals surface area contributed by atoms with Crippen LogP contribution in [0.3, 0.4) is 0 Å². The molecule has 0 radical (unpaired) electrons. The Hall–Kier alpha value is -4.49. The molecule has 0 amide bonds. The lowest BCUT2D eigenvalue weighted by Crippen LogP contribution is -2.31. The Kier molecular flexibility index (Phi) is 10.5. The molecule has 1 aromatic heterocycles. The van der Waals surface area contributed by atoms with Crippen molar-refractivity contribution in [3.05, 3.63) is 95.7 Å². The van der Waals surface area contributed by atoms with E-state index in [0.717, 1.165) is 16.5 Å². The Morgan fingerprint density at radius 2 is 1.71 bits per heavy atom. The Balaban J connectivity index is 1.26. The third-order valence-corrected chi connectivity index (χ3v) is 6.46. The maximum absolute atomic E-state index is 12.5. The van der Waals surface area contributed by atoms with Crippen LogP contribution in [0, 0.1) is 11.3 Å². The fourth-order valence-corrected chi connectivity index (χ4v) is 4.60. The van der Waals surface area contributed by atoms with Crippen molar-refractivity contribution in [1.29, 1.82) is 5.26 Å². The second kappa shape index (κ2) is 14.4. The van der Waals surface area contributed by atoms with Crippen LogP contribution < -0.4 is 14.8 Å². The third-order valence-electron chi connectivity index (χ3n) is 6.46. The van der Waals surface area contributed by atoms with E-state index in [0.29, 0.717) is 37.1 Å². The van der Waals surface area contributed by atoms with Crippen LogP contribution in [-0.4, -0.2) is 49.1 Å². The van der Waals surface area contributed by atoms with Gasteiger partial charge in [-0.05, 0) is 67.8 Å². The van der Waals surface area contributed by atoms with Gasteiger partial charge in [0.25, 0.3) is 0 Å². The summed E-state index contributed by atoms with van der Waals surface area (Å²) >= 11 is 0. The van der Waals surface area contributed by atoms with Gasteiger partial charge >= 0.3 is 12.1 Å². The molecule has 4 aromatic rings. The lowest BCUT2D eigenvalue weighted by Gasteiger charge is -2.17. The number of alkyl halides is 3. The number of aromatic nitrogens is 1. The van der Waals surface area contributed by atoms with Crippen LogP contribution >= 0.6 is 0 Å². The molecule has 220 valence electrons. The van der Waals surface area contributed by atoms with E-state index in [-0.39, 0.29) is 36.7 Å². The molecule has 0 aliphatic heterocycles. The molecule has 3 aromatic carbocycles. The molecular weight excluding hydrogens is 547 g/mol. The Morgan fingerprint density at radius 3 is 2.43 bits per heavy atom. The number of hydrogen-bond acceptors (Lipinski definition) is 6. The largest absolute Gasteiger partial charge is 0.488 e. The number of aryl methyl sites for hydroxylation is 1. The molecule has 0 bridgehead atoms. The van der Waals surface area contributed by atoms with Gasteiger partial charge < -0.3 is 24.1 Å². The molecular formula is C32H32F3N3O4. The number of nitrogens with zero attached hydrogens (tertiary/aromatic N) is 2. The molecule has 1 unspecified atom stereocenters. The van der Waals surface area contributed by atoms with Gasteiger partial charge in [0.2, 0.25) is 0 Å². The Labute approximate surface area is 242 Å². The number of hydrogen-bond donors (Lipinski definition) is 1. The lowest BCUT2D eigenvalue weighted by atomic mass is 10.0. The maximum atomic E-state index is 12.5. The van der Waals surface area contributed by atoms with Crippen LogP contribution in [0.25, 0.3) is 10.9 Å². The number of fused-ring (bicyclic) bond motifs is 1. The third kappa shape index (κ3) is 8.75. The summed E-state index contributed by atoms with van der Waals surface area (Å²) in [6.45, 7) is 2.20. The summed E-state index contributed by atoms with van der Waals surface area (Å²) in [7, 11) is 0. The van der Waals surface area contributed by atoms with Crippen molar-refractivity contribution in [3.8, 4) is 17.6 Å². The number of carbonyl (C=O) groups excluding carboxylic acids is 1. The van der Waals surface area contributed by atoms with E-state index < -0.39 is 12.8 Å². The summed E-state index contributed by atoms with van der Waals surface area (Å²) in [5, 5.41) is 14.2. The standard InChI is InChI=1S/C32H32F3N3O4/c1-23(37-13-17-40-28-10-5-6-11-29(28)42-22-32(33,34)35)18-24-19-26-12-15-38(30(26)27(20-24)21-36)14-7-16-41-31(39)25-8-3-2-4-9-25/h2-6,8-12,15,19-20,23,37H,7,13-14,16-18,22H2,1H3. The molecule has 42 heavy (non-hydrogen) atoms. The highest BCUT2D eigenvalue weighted by Gasteiger charge is 2.29. The smallest absolute Gasteiger partial charge is 0.422 e. The number of halogens is 3. The molecule has 10 heteroatoms. The zero-order chi connectivity index (χ0) is 30.0. The van der Waals surface area contributed by atoms with Crippen molar-refractivity contribution in [1.82, 2.24) is 9.88 Å². The Bertz CT molecular complexity index is 1510. The molecule has 1 atom stereocenters.